The normalized spacial score (nSPS) is 22.3. The van der Waals surface area contributed by atoms with E-state index >= 15 is 0 Å². The largest absolute Gasteiger partial charge is 0.481 e. The Bertz CT molecular complexity index is 1280. The van der Waals surface area contributed by atoms with Gasteiger partial charge in [0.15, 0.2) is 0 Å². The highest BCUT2D eigenvalue weighted by atomic mass is 16.6. The lowest BCUT2D eigenvalue weighted by molar-refractivity contribution is -0.123. The van der Waals surface area contributed by atoms with Gasteiger partial charge in [0.2, 0.25) is 22.9 Å². The standard InChI is InChI=1S/2C13H16N4O4/c2*1-9(15-21-3)13(16-19)11(20-2)14-17(12(13)18)10-7-5-4-6-8-10/h2*4-8,16,19H,1-3H3. The van der Waals surface area contributed by atoms with Crippen LogP contribution in [0.2, 0.25) is 0 Å². The average molecular weight is 585 g/mol. The Morgan fingerprint density at radius 2 is 1.02 bits per heavy atom. The summed E-state index contributed by atoms with van der Waals surface area (Å²) in [5.41, 5.74) is 1.90. The molecule has 0 aliphatic carbocycles. The number of oxime groups is 2. The van der Waals surface area contributed by atoms with Crippen molar-refractivity contribution in [2.24, 2.45) is 20.5 Å². The maximum Gasteiger partial charge on any atom is 0.285 e. The Balaban J connectivity index is 0.000000230. The van der Waals surface area contributed by atoms with E-state index in [1.165, 1.54) is 42.3 Å². The highest BCUT2D eigenvalue weighted by Crippen LogP contribution is 2.29. The molecule has 2 amide bonds. The number of anilines is 2. The van der Waals surface area contributed by atoms with Crippen LogP contribution in [0.15, 0.2) is 81.2 Å². The van der Waals surface area contributed by atoms with E-state index in [2.05, 4.69) is 30.2 Å². The molecule has 2 aromatic carbocycles. The molecule has 224 valence electrons. The van der Waals surface area contributed by atoms with Crippen molar-refractivity contribution in [1.82, 2.24) is 11.0 Å². The number of methoxy groups -OCH3 is 2. The topological polar surface area (TPSA) is 191 Å². The first-order valence-electron chi connectivity index (χ1n) is 12.3. The zero-order valence-corrected chi connectivity index (χ0v) is 23.8. The smallest absolute Gasteiger partial charge is 0.285 e. The molecule has 0 radical (unpaired) electrons. The van der Waals surface area contributed by atoms with E-state index in [-0.39, 0.29) is 23.2 Å². The minimum Gasteiger partial charge on any atom is -0.481 e. The van der Waals surface area contributed by atoms with Crippen molar-refractivity contribution in [2.75, 3.05) is 38.5 Å². The van der Waals surface area contributed by atoms with E-state index in [1.807, 2.05) is 23.1 Å². The fourth-order valence-corrected chi connectivity index (χ4v) is 4.18. The van der Waals surface area contributed by atoms with Gasteiger partial charge in [0, 0.05) is 0 Å². The average Bonchev–Trinajstić information content (AvgIpc) is 3.49. The molecule has 0 saturated heterocycles. The van der Waals surface area contributed by atoms with Gasteiger partial charge in [-0.2, -0.15) is 21.0 Å². The van der Waals surface area contributed by atoms with Gasteiger partial charge in [-0.3, -0.25) is 9.59 Å². The molecule has 4 N–H and O–H groups in total. The predicted octanol–water partition coefficient (Wildman–Crippen LogP) is 1.47. The van der Waals surface area contributed by atoms with Crippen LogP contribution in [0.4, 0.5) is 11.4 Å². The molecule has 2 aliphatic heterocycles. The van der Waals surface area contributed by atoms with Gasteiger partial charge in [0.25, 0.3) is 11.8 Å². The van der Waals surface area contributed by atoms with E-state index in [0.717, 1.165) is 10.0 Å². The number of para-hydroxylation sites is 2. The maximum absolute atomic E-state index is 12.7. The molecule has 0 fully saturated rings. The molecule has 4 rings (SSSR count). The molecule has 2 heterocycles. The molecule has 2 atom stereocenters. The number of ether oxygens (including phenoxy) is 2. The maximum atomic E-state index is 12.7. The number of benzene rings is 2. The Morgan fingerprint density at radius 3 is 1.29 bits per heavy atom. The highest BCUT2D eigenvalue weighted by molar-refractivity contribution is 6.36. The third kappa shape index (κ3) is 5.38. The zero-order valence-electron chi connectivity index (χ0n) is 23.8. The number of carbonyl (C=O) groups is 2. The van der Waals surface area contributed by atoms with Crippen LogP contribution in [0.5, 0.6) is 0 Å². The van der Waals surface area contributed by atoms with Gasteiger partial charge >= 0.3 is 0 Å². The van der Waals surface area contributed by atoms with Gasteiger partial charge in [0.1, 0.15) is 14.2 Å². The van der Waals surface area contributed by atoms with E-state index in [4.69, 9.17) is 9.47 Å². The first kappa shape index (κ1) is 31.6. The van der Waals surface area contributed by atoms with Crippen molar-refractivity contribution in [2.45, 2.75) is 24.9 Å². The number of nitrogens with one attached hydrogen (secondary N) is 2. The number of amides is 2. The summed E-state index contributed by atoms with van der Waals surface area (Å²) in [5, 5.41) is 37.0. The van der Waals surface area contributed by atoms with Gasteiger partial charge in [-0.05, 0) is 38.1 Å². The molecule has 2 aliphatic rings. The molecule has 0 saturated carbocycles. The van der Waals surface area contributed by atoms with E-state index < -0.39 is 22.9 Å². The molecular formula is C26H32N8O8. The van der Waals surface area contributed by atoms with Crippen LogP contribution >= 0.6 is 0 Å². The summed E-state index contributed by atoms with van der Waals surface area (Å²) >= 11 is 0. The zero-order chi connectivity index (χ0) is 30.9. The van der Waals surface area contributed by atoms with Gasteiger partial charge < -0.3 is 29.6 Å². The van der Waals surface area contributed by atoms with Gasteiger partial charge in [-0.1, -0.05) is 46.7 Å². The summed E-state index contributed by atoms with van der Waals surface area (Å²) in [5.74, 6) is -1.16. The number of hydrogen-bond donors (Lipinski definition) is 4. The van der Waals surface area contributed by atoms with Crippen LogP contribution in [-0.2, 0) is 28.7 Å². The number of hydrazone groups is 2. The van der Waals surface area contributed by atoms with Crippen LogP contribution < -0.4 is 21.0 Å². The fourth-order valence-electron chi connectivity index (χ4n) is 4.18. The Labute approximate surface area is 241 Å². The summed E-state index contributed by atoms with van der Waals surface area (Å²) < 4.78 is 10.3. The van der Waals surface area contributed by atoms with Gasteiger partial charge in [-0.15, -0.1) is 10.2 Å². The molecule has 16 heteroatoms. The van der Waals surface area contributed by atoms with Crippen molar-refractivity contribution in [3.63, 3.8) is 0 Å². The highest BCUT2D eigenvalue weighted by Gasteiger charge is 2.57. The summed E-state index contributed by atoms with van der Waals surface area (Å²) in [7, 11) is 5.39. The quantitative estimate of drug-likeness (QED) is 0.261. The summed E-state index contributed by atoms with van der Waals surface area (Å²) in [6, 6.07) is 17.6. The second-order valence-corrected chi connectivity index (χ2v) is 8.57. The molecule has 0 spiro atoms. The third-order valence-corrected chi connectivity index (χ3v) is 6.32. The van der Waals surface area contributed by atoms with Crippen LogP contribution in [0.25, 0.3) is 0 Å². The van der Waals surface area contributed by atoms with Gasteiger partial charge in [-0.25, -0.2) is 0 Å². The SMILES string of the molecule is CON=C(C)C1(NO)C(=O)N(c2ccccc2)N=C1OC.CON=C(C)C1(NO)C(=O)N(c2ccccc2)N=C1OC. The molecule has 0 aromatic heterocycles. The monoisotopic (exact) mass is 584 g/mol. The summed E-state index contributed by atoms with van der Waals surface area (Å²) in [6.07, 6.45) is 0. The lowest BCUT2D eigenvalue weighted by Crippen LogP contribution is -2.62. The van der Waals surface area contributed by atoms with Crippen molar-refractivity contribution in [3.05, 3.63) is 60.7 Å². The first-order valence-corrected chi connectivity index (χ1v) is 12.3. The van der Waals surface area contributed by atoms with Crippen LogP contribution in [0.1, 0.15) is 13.8 Å². The van der Waals surface area contributed by atoms with Crippen molar-refractivity contribution in [1.29, 1.82) is 0 Å². The number of hydrogen-bond acceptors (Lipinski definition) is 14. The lowest BCUT2D eigenvalue weighted by Gasteiger charge is -2.25. The molecule has 0 bridgehead atoms. The lowest BCUT2D eigenvalue weighted by atomic mass is 9.94. The molecule has 42 heavy (non-hydrogen) atoms. The Kier molecular flexibility index (Phi) is 10.3. The summed E-state index contributed by atoms with van der Waals surface area (Å²) in [6.45, 7) is 3.04. The second kappa shape index (κ2) is 13.6. The van der Waals surface area contributed by atoms with Crippen LogP contribution in [-0.4, -0.2) is 85.0 Å². The van der Waals surface area contributed by atoms with Crippen molar-refractivity contribution >= 4 is 46.4 Å². The molecular weight excluding hydrogens is 552 g/mol. The van der Waals surface area contributed by atoms with E-state index in [9.17, 15) is 20.0 Å². The Morgan fingerprint density at radius 1 is 0.690 bits per heavy atom. The predicted molar refractivity (Wildman–Crippen MR) is 152 cm³/mol. The Hall–Kier alpha value is -4.90. The number of carbonyl (C=O) groups excluding carboxylic acids is 2. The summed E-state index contributed by atoms with van der Waals surface area (Å²) in [4.78, 5) is 34.8. The minimum atomic E-state index is -1.71. The van der Waals surface area contributed by atoms with Crippen LogP contribution in [0.3, 0.4) is 0 Å². The number of hydroxylamine groups is 2. The molecule has 2 aromatic rings. The van der Waals surface area contributed by atoms with Gasteiger partial charge in [0.05, 0.1) is 37.0 Å². The fraction of sp³-hybridized carbons (Fsp3) is 0.308. The second-order valence-electron chi connectivity index (χ2n) is 8.57. The van der Waals surface area contributed by atoms with Crippen molar-refractivity contribution < 1.29 is 39.2 Å². The molecule has 16 nitrogen and oxygen atoms in total. The third-order valence-electron chi connectivity index (χ3n) is 6.32. The van der Waals surface area contributed by atoms with E-state index in [1.54, 1.807) is 48.5 Å². The first-order chi connectivity index (χ1) is 20.2. The van der Waals surface area contributed by atoms with Crippen molar-refractivity contribution in [3.8, 4) is 0 Å². The minimum absolute atomic E-state index is 0.0304. The number of nitrogens with zero attached hydrogens (tertiary/aromatic N) is 6. The van der Waals surface area contributed by atoms with E-state index in [0.29, 0.717) is 11.4 Å². The number of rotatable bonds is 8. The molecule has 2 unspecified atom stereocenters. The van der Waals surface area contributed by atoms with Crippen LogP contribution in [0, 0.1) is 0 Å².